The molecular weight excluding hydrogens is 462 g/mol. The lowest BCUT2D eigenvalue weighted by Crippen LogP contribution is -2.47. The molecule has 1 heterocycles. The molecule has 0 aliphatic rings. The van der Waals surface area contributed by atoms with Crippen LogP contribution in [0.5, 0.6) is 5.75 Å². The number of methoxy groups -OCH3 is 1. The maximum atomic E-state index is 13.1. The van der Waals surface area contributed by atoms with Crippen LogP contribution in [0.25, 0.3) is 10.2 Å². The van der Waals surface area contributed by atoms with Crippen molar-refractivity contribution in [1.29, 1.82) is 0 Å². The van der Waals surface area contributed by atoms with Crippen molar-refractivity contribution in [2.45, 2.75) is 19.4 Å². The molecule has 8 nitrogen and oxygen atoms in total. The second-order valence-electron chi connectivity index (χ2n) is 6.90. The first-order valence-corrected chi connectivity index (χ1v) is 12.3. The Hall–Kier alpha value is -2.56. The zero-order valence-electron chi connectivity index (χ0n) is 17.4. The summed E-state index contributed by atoms with van der Waals surface area (Å²) in [6, 6.07) is 8.63. The van der Waals surface area contributed by atoms with Crippen LogP contribution in [0.3, 0.4) is 0 Å². The smallest absolute Gasteiger partial charge is 0.307 e. The monoisotopic (exact) mass is 483 g/mol. The average Bonchev–Trinajstić information content (AvgIpc) is 2.98. The number of ether oxygens (including phenoxy) is 1. The normalized spacial score (nSPS) is 12.5. The number of amides is 1. The third-order valence-electron chi connectivity index (χ3n) is 4.78. The van der Waals surface area contributed by atoms with Gasteiger partial charge in [0.15, 0.2) is 0 Å². The molecule has 166 valence electrons. The number of hydrogen-bond acceptors (Lipinski definition) is 6. The number of nitrogens with one attached hydrogen (secondary N) is 1. The van der Waals surface area contributed by atoms with Crippen LogP contribution in [0.2, 0.25) is 5.02 Å². The highest BCUT2D eigenvalue weighted by molar-refractivity contribution is 7.92. The molecule has 31 heavy (non-hydrogen) atoms. The largest absolute Gasteiger partial charge is 0.495 e. The van der Waals surface area contributed by atoms with Crippen LogP contribution in [-0.4, -0.2) is 38.3 Å². The summed E-state index contributed by atoms with van der Waals surface area (Å²) in [6.45, 7) is 1.72. The zero-order valence-corrected chi connectivity index (χ0v) is 19.8. The summed E-state index contributed by atoms with van der Waals surface area (Å²) in [4.78, 5) is 24.8. The number of aromatic nitrogens is 1. The van der Waals surface area contributed by atoms with Gasteiger partial charge in [-0.1, -0.05) is 29.9 Å². The molecular formula is C20H22ClN3O5S2. The second kappa shape index (κ2) is 8.89. The van der Waals surface area contributed by atoms with Crippen molar-refractivity contribution in [1.82, 2.24) is 4.57 Å². The fraction of sp³-hybridized carbons (Fsp3) is 0.300. The first kappa shape index (κ1) is 23.1. The van der Waals surface area contributed by atoms with Crippen LogP contribution in [0, 0.1) is 0 Å². The average molecular weight is 484 g/mol. The van der Waals surface area contributed by atoms with E-state index in [0.29, 0.717) is 11.4 Å². The predicted octanol–water partition coefficient (Wildman–Crippen LogP) is 3.45. The number of benzene rings is 2. The van der Waals surface area contributed by atoms with Gasteiger partial charge in [-0.25, -0.2) is 8.42 Å². The number of carbonyl (C=O) groups is 1. The Balaban J connectivity index is 1.96. The van der Waals surface area contributed by atoms with Crippen LogP contribution in [0.4, 0.5) is 11.4 Å². The number of thiazole rings is 1. The summed E-state index contributed by atoms with van der Waals surface area (Å²) in [7, 11) is -0.676. The van der Waals surface area contributed by atoms with Gasteiger partial charge in [-0.05, 0) is 42.8 Å². The van der Waals surface area contributed by atoms with Crippen molar-refractivity contribution < 1.29 is 17.9 Å². The summed E-state index contributed by atoms with van der Waals surface area (Å²) in [6.07, 6.45) is 1.26. The van der Waals surface area contributed by atoms with Crippen molar-refractivity contribution in [2.24, 2.45) is 7.05 Å². The van der Waals surface area contributed by atoms with E-state index in [4.69, 9.17) is 16.3 Å². The Morgan fingerprint density at radius 3 is 2.58 bits per heavy atom. The number of halogens is 1. The van der Waals surface area contributed by atoms with Crippen LogP contribution < -0.4 is 19.2 Å². The predicted molar refractivity (Wildman–Crippen MR) is 125 cm³/mol. The maximum absolute atomic E-state index is 13.1. The SMILES string of the molecule is CC[C@H](C(=O)Nc1ccc2c(c1)sc(=O)n2C)N(c1ccc(OC)c(Cl)c1)S(C)(=O)=O. The van der Waals surface area contributed by atoms with Crippen LogP contribution in [-0.2, 0) is 21.9 Å². The molecule has 0 saturated heterocycles. The zero-order chi connectivity index (χ0) is 22.9. The molecule has 11 heteroatoms. The minimum absolute atomic E-state index is 0.107. The van der Waals surface area contributed by atoms with Gasteiger partial charge < -0.3 is 14.6 Å². The lowest BCUT2D eigenvalue weighted by Gasteiger charge is -2.30. The Morgan fingerprint density at radius 2 is 2.00 bits per heavy atom. The summed E-state index contributed by atoms with van der Waals surface area (Å²) < 4.78 is 33.6. The van der Waals surface area contributed by atoms with Gasteiger partial charge in [0.1, 0.15) is 11.8 Å². The minimum Gasteiger partial charge on any atom is -0.495 e. The first-order valence-electron chi connectivity index (χ1n) is 9.30. The van der Waals surface area contributed by atoms with E-state index < -0.39 is 22.0 Å². The maximum Gasteiger partial charge on any atom is 0.307 e. The number of hydrogen-bond donors (Lipinski definition) is 1. The van der Waals surface area contributed by atoms with E-state index in [1.165, 1.54) is 23.8 Å². The van der Waals surface area contributed by atoms with Crippen LogP contribution >= 0.6 is 22.9 Å². The fourth-order valence-corrected chi connectivity index (χ4v) is 5.66. The number of rotatable bonds is 7. The van der Waals surface area contributed by atoms with Crippen LogP contribution in [0.1, 0.15) is 13.3 Å². The molecule has 3 rings (SSSR count). The summed E-state index contributed by atoms with van der Waals surface area (Å²) in [5.74, 6) is -0.103. The molecule has 0 radical (unpaired) electrons. The molecule has 2 aromatic carbocycles. The van der Waals surface area contributed by atoms with Gasteiger partial charge in [-0.3, -0.25) is 13.9 Å². The highest BCUT2D eigenvalue weighted by atomic mass is 35.5. The number of carbonyl (C=O) groups excluding carboxylic acids is 1. The fourth-order valence-electron chi connectivity index (χ4n) is 3.29. The number of anilines is 2. The molecule has 1 aromatic heterocycles. The molecule has 1 amide bonds. The molecule has 3 aromatic rings. The van der Waals surface area contributed by atoms with Crippen molar-refractivity contribution in [3.63, 3.8) is 0 Å². The van der Waals surface area contributed by atoms with Gasteiger partial charge in [0, 0.05) is 12.7 Å². The van der Waals surface area contributed by atoms with Crippen molar-refractivity contribution >= 4 is 60.5 Å². The molecule has 0 saturated carbocycles. The topological polar surface area (TPSA) is 97.7 Å². The van der Waals surface area contributed by atoms with E-state index in [1.54, 1.807) is 38.2 Å². The Bertz CT molecular complexity index is 1300. The summed E-state index contributed by atoms with van der Waals surface area (Å²) >= 11 is 7.25. The van der Waals surface area contributed by atoms with E-state index >= 15 is 0 Å². The molecule has 1 atom stereocenters. The number of aryl methyl sites for hydroxylation is 1. The molecule has 1 N–H and O–H groups in total. The summed E-state index contributed by atoms with van der Waals surface area (Å²) in [5.41, 5.74) is 1.48. The van der Waals surface area contributed by atoms with Crippen molar-refractivity contribution in [3.05, 3.63) is 51.1 Å². The number of nitrogens with zero attached hydrogens (tertiary/aromatic N) is 2. The third kappa shape index (κ3) is 4.70. The first-order chi connectivity index (χ1) is 14.6. The molecule has 0 unspecified atom stereocenters. The number of sulfonamides is 1. The lowest BCUT2D eigenvalue weighted by molar-refractivity contribution is -0.117. The lowest BCUT2D eigenvalue weighted by atomic mass is 10.1. The molecule has 0 fully saturated rings. The minimum atomic E-state index is -3.81. The van der Waals surface area contributed by atoms with Gasteiger partial charge in [0.05, 0.1) is 34.3 Å². The number of fused-ring (bicyclic) bond motifs is 1. The van der Waals surface area contributed by atoms with Crippen molar-refractivity contribution in [2.75, 3.05) is 23.0 Å². The van der Waals surface area contributed by atoms with Gasteiger partial charge in [0.2, 0.25) is 15.9 Å². The van der Waals surface area contributed by atoms with E-state index in [2.05, 4.69) is 5.32 Å². The van der Waals surface area contributed by atoms with Gasteiger partial charge in [-0.2, -0.15) is 0 Å². The Labute approximate surface area is 189 Å². The molecule has 0 aliphatic heterocycles. The second-order valence-corrected chi connectivity index (χ2v) is 10.2. The standard InChI is InChI=1S/C20H22ClN3O5S2/c1-5-15(24(31(4,27)28)13-7-9-17(29-3)14(21)11-13)19(25)22-12-6-8-16-18(10-12)30-20(26)23(16)2/h6-11,15H,5H2,1-4H3,(H,22,25)/t15-/m1/s1. The molecule has 0 spiro atoms. The van der Waals surface area contributed by atoms with E-state index in [9.17, 15) is 18.0 Å². The van der Waals surface area contributed by atoms with E-state index in [0.717, 1.165) is 32.1 Å². The third-order valence-corrected chi connectivity index (χ3v) is 7.25. The highest BCUT2D eigenvalue weighted by Crippen LogP contribution is 2.32. The molecule has 0 aliphatic carbocycles. The van der Waals surface area contributed by atoms with E-state index in [-0.39, 0.29) is 22.0 Å². The van der Waals surface area contributed by atoms with Gasteiger partial charge in [0.25, 0.3) is 0 Å². The van der Waals surface area contributed by atoms with Crippen molar-refractivity contribution in [3.8, 4) is 5.75 Å². The summed E-state index contributed by atoms with van der Waals surface area (Å²) in [5, 5.41) is 3.00. The van der Waals surface area contributed by atoms with Gasteiger partial charge in [-0.15, -0.1) is 0 Å². The van der Waals surface area contributed by atoms with Gasteiger partial charge >= 0.3 is 4.87 Å². The van der Waals surface area contributed by atoms with E-state index in [1.807, 2.05) is 0 Å². The Kier molecular flexibility index (Phi) is 6.63. The highest BCUT2D eigenvalue weighted by Gasteiger charge is 2.32. The molecule has 0 bridgehead atoms. The Morgan fingerprint density at radius 1 is 1.29 bits per heavy atom. The quantitative estimate of drug-likeness (QED) is 0.555. The van der Waals surface area contributed by atoms with Crippen LogP contribution in [0.15, 0.2) is 41.2 Å².